The Kier molecular flexibility index (Phi) is 6.54. The van der Waals surface area contributed by atoms with Crippen LogP contribution in [-0.4, -0.2) is 29.2 Å². The van der Waals surface area contributed by atoms with Gasteiger partial charge in [0.1, 0.15) is 5.82 Å². The van der Waals surface area contributed by atoms with Crippen LogP contribution in [-0.2, 0) is 11.4 Å². The van der Waals surface area contributed by atoms with E-state index in [9.17, 15) is 9.18 Å². The predicted octanol–water partition coefficient (Wildman–Crippen LogP) is 5.97. The Morgan fingerprint density at radius 1 is 1.06 bits per heavy atom. The topological polar surface area (TPSA) is 41.9 Å². The van der Waals surface area contributed by atoms with Crippen LogP contribution in [0.5, 0.6) is 0 Å². The van der Waals surface area contributed by atoms with Crippen molar-refractivity contribution in [2.75, 3.05) is 6.54 Å². The van der Waals surface area contributed by atoms with Crippen molar-refractivity contribution in [2.24, 2.45) is 5.16 Å². The molecule has 1 heterocycles. The number of oxime groups is 1. The molecule has 0 saturated heterocycles. The summed E-state index contributed by atoms with van der Waals surface area (Å²) in [5, 5.41) is 5.40. The van der Waals surface area contributed by atoms with Gasteiger partial charge in [-0.3, -0.25) is 4.79 Å². The summed E-state index contributed by atoms with van der Waals surface area (Å²) >= 11 is 12.3. The van der Waals surface area contributed by atoms with Crippen molar-refractivity contribution in [1.29, 1.82) is 0 Å². The molecule has 3 aromatic rings. The normalized spacial score (nSPS) is 15.3. The second-order valence-electron chi connectivity index (χ2n) is 7.26. The van der Waals surface area contributed by atoms with Crippen molar-refractivity contribution in [3.63, 3.8) is 0 Å². The Labute approximate surface area is 189 Å². The molecule has 0 aromatic heterocycles. The molecule has 3 aromatic carbocycles. The summed E-state index contributed by atoms with van der Waals surface area (Å²) < 4.78 is 13.7. The van der Waals surface area contributed by atoms with E-state index in [1.807, 2.05) is 30.3 Å². The third-order valence-electron chi connectivity index (χ3n) is 5.01. The van der Waals surface area contributed by atoms with Crippen molar-refractivity contribution >= 4 is 34.8 Å². The molecule has 1 amide bonds. The second-order valence-corrected chi connectivity index (χ2v) is 8.11. The van der Waals surface area contributed by atoms with Crippen molar-refractivity contribution in [1.82, 2.24) is 4.90 Å². The fourth-order valence-electron chi connectivity index (χ4n) is 3.44. The van der Waals surface area contributed by atoms with E-state index >= 15 is 0 Å². The van der Waals surface area contributed by atoms with Crippen LogP contribution in [0.15, 0.2) is 78.0 Å². The Morgan fingerprint density at radius 3 is 2.58 bits per heavy atom. The number of hydrogen-bond donors (Lipinski definition) is 0. The lowest BCUT2D eigenvalue weighted by molar-refractivity contribution is 0.0405. The van der Waals surface area contributed by atoms with Gasteiger partial charge in [-0.05, 0) is 47.5 Å². The molecule has 1 unspecified atom stereocenters. The Bertz CT molecular complexity index is 1120. The van der Waals surface area contributed by atoms with E-state index in [4.69, 9.17) is 28.0 Å². The van der Waals surface area contributed by atoms with E-state index in [0.29, 0.717) is 16.5 Å². The first-order valence-corrected chi connectivity index (χ1v) is 10.5. The van der Waals surface area contributed by atoms with Gasteiger partial charge < -0.3 is 9.74 Å². The van der Waals surface area contributed by atoms with E-state index in [-0.39, 0.29) is 30.7 Å². The van der Waals surface area contributed by atoms with E-state index in [1.54, 1.807) is 29.2 Å². The average molecular weight is 457 g/mol. The average Bonchev–Trinajstić information content (AvgIpc) is 3.23. The number of rotatable bonds is 6. The molecule has 0 spiro atoms. The first-order chi connectivity index (χ1) is 15.0. The highest BCUT2D eigenvalue weighted by Crippen LogP contribution is 2.23. The quantitative estimate of drug-likeness (QED) is 0.458. The van der Waals surface area contributed by atoms with Crippen LogP contribution < -0.4 is 0 Å². The first kappa shape index (κ1) is 21.3. The molecule has 0 fully saturated rings. The highest BCUT2D eigenvalue weighted by atomic mass is 35.5. The van der Waals surface area contributed by atoms with Gasteiger partial charge in [-0.1, -0.05) is 64.8 Å². The number of carbonyl (C=O) groups excluding carboxylic acids is 1. The maximum Gasteiger partial charge on any atom is 0.254 e. The van der Waals surface area contributed by atoms with Crippen LogP contribution in [0.25, 0.3) is 0 Å². The summed E-state index contributed by atoms with van der Waals surface area (Å²) in [6.45, 7) is 0.548. The molecule has 0 bridgehead atoms. The van der Waals surface area contributed by atoms with Crippen LogP contribution >= 0.6 is 23.2 Å². The fraction of sp³-hybridized carbons (Fsp3) is 0.167. The molecule has 158 valence electrons. The molecule has 0 saturated carbocycles. The molecule has 1 aliphatic rings. The summed E-state index contributed by atoms with van der Waals surface area (Å²) in [4.78, 5) is 20.4. The Balaban J connectivity index is 1.53. The van der Waals surface area contributed by atoms with Crippen LogP contribution in [0, 0.1) is 5.82 Å². The van der Waals surface area contributed by atoms with E-state index in [1.165, 1.54) is 18.2 Å². The predicted molar refractivity (Wildman–Crippen MR) is 120 cm³/mol. The fourth-order valence-corrected chi connectivity index (χ4v) is 3.76. The first-order valence-electron chi connectivity index (χ1n) is 9.76. The third kappa shape index (κ3) is 5.24. The summed E-state index contributed by atoms with van der Waals surface area (Å²) in [5.41, 5.74) is 2.77. The largest absolute Gasteiger partial charge is 0.390 e. The smallest absolute Gasteiger partial charge is 0.254 e. The lowest BCUT2D eigenvalue weighted by Gasteiger charge is -2.25. The van der Waals surface area contributed by atoms with E-state index < -0.39 is 5.82 Å². The summed E-state index contributed by atoms with van der Waals surface area (Å²) in [6, 6.07) is 20.3. The minimum absolute atomic E-state index is 0.267. The zero-order chi connectivity index (χ0) is 21.8. The molecule has 7 heteroatoms. The Hall–Kier alpha value is -2.89. The number of benzene rings is 3. The molecule has 0 radical (unpaired) electrons. The molecule has 4 rings (SSSR count). The zero-order valence-electron chi connectivity index (χ0n) is 16.5. The minimum atomic E-state index is -0.464. The SMILES string of the molecule is O=C(c1cccc(F)c1)N(Cc1ccccc1Cl)CC1CC(c2ccc(Cl)cc2)=NO1. The summed E-state index contributed by atoms with van der Waals surface area (Å²) in [6.07, 6.45) is 0.211. The number of nitrogens with zero attached hydrogens (tertiary/aromatic N) is 2. The Morgan fingerprint density at radius 2 is 1.84 bits per heavy atom. The highest BCUT2D eigenvalue weighted by molar-refractivity contribution is 6.31. The zero-order valence-corrected chi connectivity index (χ0v) is 18.0. The summed E-state index contributed by atoms with van der Waals surface area (Å²) in [5.74, 6) is -0.767. The monoisotopic (exact) mass is 456 g/mol. The lowest BCUT2D eigenvalue weighted by Crippen LogP contribution is -2.37. The van der Waals surface area contributed by atoms with Crippen LogP contribution in [0.1, 0.15) is 27.9 Å². The van der Waals surface area contributed by atoms with E-state index in [0.717, 1.165) is 16.8 Å². The molecule has 1 aliphatic heterocycles. The van der Waals surface area contributed by atoms with Gasteiger partial charge in [0.15, 0.2) is 6.10 Å². The van der Waals surface area contributed by atoms with Crippen LogP contribution in [0.2, 0.25) is 10.0 Å². The molecule has 1 atom stereocenters. The molecule has 4 nitrogen and oxygen atoms in total. The molecule has 0 aliphatic carbocycles. The maximum atomic E-state index is 13.7. The number of hydrogen-bond acceptors (Lipinski definition) is 3. The van der Waals surface area contributed by atoms with Crippen molar-refractivity contribution in [3.8, 4) is 0 Å². The van der Waals surface area contributed by atoms with Crippen LogP contribution in [0.4, 0.5) is 4.39 Å². The molecule has 0 N–H and O–H groups in total. The number of halogens is 3. The van der Waals surface area contributed by atoms with Gasteiger partial charge in [0, 0.05) is 28.6 Å². The summed E-state index contributed by atoms with van der Waals surface area (Å²) in [7, 11) is 0. The van der Waals surface area contributed by atoms with Gasteiger partial charge in [0.25, 0.3) is 5.91 Å². The molecular formula is C24H19Cl2FN2O2. The number of amides is 1. The highest BCUT2D eigenvalue weighted by Gasteiger charge is 2.28. The van der Waals surface area contributed by atoms with Crippen molar-refractivity contribution in [2.45, 2.75) is 19.1 Å². The van der Waals surface area contributed by atoms with Gasteiger partial charge in [-0.25, -0.2) is 4.39 Å². The van der Waals surface area contributed by atoms with Gasteiger partial charge in [-0.15, -0.1) is 0 Å². The van der Waals surface area contributed by atoms with E-state index in [2.05, 4.69) is 5.16 Å². The van der Waals surface area contributed by atoms with Crippen molar-refractivity contribution < 1.29 is 14.0 Å². The number of carbonyl (C=O) groups is 1. The van der Waals surface area contributed by atoms with Crippen LogP contribution in [0.3, 0.4) is 0 Å². The van der Waals surface area contributed by atoms with Crippen molar-refractivity contribution in [3.05, 3.63) is 105 Å². The van der Waals surface area contributed by atoms with Gasteiger partial charge in [-0.2, -0.15) is 0 Å². The molecule has 31 heavy (non-hydrogen) atoms. The standard InChI is InChI=1S/C24H19Cl2FN2O2/c25-19-10-8-16(9-11-19)23-13-21(31-28-23)15-29(14-18-4-1-2-7-22(18)26)24(30)17-5-3-6-20(27)12-17/h1-12,21H,13-15H2. The second kappa shape index (κ2) is 9.50. The minimum Gasteiger partial charge on any atom is -0.390 e. The van der Waals surface area contributed by atoms with Gasteiger partial charge >= 0.3 is 0 Å². The third-order valence-corrected chi connectivity index (χ3v) is 5.63. The van der Waals surface area contributed by atoms with Gasteiger partial charge in [0.2, 0.25) is 0 Å². The maximum absolute atomic E-state index is 13.7. The molecular weight excluding hydrogens is 438 g/mol. The van der Waals surface area contributed by atoms with Gasteiger partial charge in [0.05, 0.1) is 12.3 Å². The lowest BCUT2D eigenvalue weighted by atomic mass is 10.0.